The third-order valence-electron chi connectivity index (χ3n) is 4.43. The van der Waals surface area contributed by atoms with Gasteiger partial charge >= 0.3 is 6.03 Å². The molecule has 0 fully saturated rings. The van der Waals surface area contributed by atoms with Crippen LogP contribution in [-0.4, -0.2) is 27.5 Å². The van der Waals surface area contributed by atoms with Crippen LogP contribution in [0.4, 0.5) is 10.5 Å². The van der Waals surface area contributed by atoms with Crippen molar-refractivity contribution in [2.45, 2.75) is 12.6 Å². The molecule has 126 valence electrons. The largest absolute Gasteiger partial charge is 0.326 e. The average molecular weight is 353 g/mol. The summed E-state index contributed by atoms with van der Waals surface area (Å²) >= 11 is 6.20. The highest BCUT2D eigenvalue weighted by Crippen LogP contribution is 2.32. The second kappa shape index (κ2) is 6.26. The summed E-state index contributed by atoms with van der Waals surface area (Å²) in [4.78, 5) is 17.8. The summed E-state index contributed by atoms with van der Waals surface area (Å²) in [6, 6.07) is 13.8. The van der Waals surface area contributed by atoms with Gasteiger partial charge in [0.15, 0.2) is 0 Å². The third kappa shape index (κ3) is 2.98. The molecule has 0 spiro atoms. The quantitative estimate of drug-likeness (QED) is 0.769. The summed E-state index contributed by atoms with van der Waals surface area (Å²) < 4.78 is 2.03. The number of rotatable bonds is 3. The molecule has 0 radical (unpaired) electrons. The minimum absolute atomic E-state index is 0.0666. The summed E-state index contributed by atoms with van der Waals surface area (Å²) in [5.74, 6) is 0. The van der Waals surface area contributed by atoms with Gasteiger partial charge in [-0.05, 0) is 34.9 Å². The number of nitrogens with zero attached hydrogens (tertiary/aromatic N) is 3. The molecule has 25 heavy (non-hydrogen) atoms. The molecule has 1 aliphatic rings. The van der Waals surface area contributed by atoms with Gasteiger partial charge in [-0.15, -0.1) is 0 Å². The second-order valence-corrected chi connectivity index (χ2v) is 6.61. The van der Waals surface area contributed by atoms with Crippen molar-refractivity contribution < 1.29 is 4.79 Å². The van der Waals surface area contributed by atoms with E-state index in [0.29, 0.717) is 11.6 Å². The minimum atomic E-state index is -0.0911. The lowest BCUT2D eigenvalue weighted by Gasteiger charge is -2.28. The number of hydrogen-bond donors (Lipinski definition) is 1. The molecule has 2 amide bonds. The molecule has 2 heterocycles. The highest BCUT2D eigenvalue weighted by atomic mass is 35.5. The Morgan fingerprint density at radius 2 is 2.04 bits per heavy atom. The van der Waals surface area contributed by atoms with E-state index < -0.39 is 0 Å². The first-order valence-corrected chi connectivity index (χ1v) is 8.37. The maximum Gasteiger partial charge on any atom is 0.321 e. The molecule has 1 unspecified atom stereocenters. The Morgan fingerprint density at radius 1 is 1.20 bits per heavy atom. The minimum Gasteiger partial charge on any atom is -0.326 e. The molecule has 1 N–H and O–H groups in total. The van der Waals surface area contributed by atoms with Crippen LogP contribution < -0.4 is 5.32 Å². The highest BCUT2D eigenvalue weighted by molar-refractivity contribution is 6.30. The molecule has 0 aliphatic carbocycles. The molecular formula is C19H17ClN4O. The average Bonchev–Trinajstić information content (AvgIpc) is 3.10. The lowest BCUT2D eigenvalue weighted by atomic mass is 9.96. The van der Waals surface area contributed by atoms with Crippen molar-refractivity contribution in [2.24, 2.45) is 0 Å². The molecule has 1 aliphatic heterocycles. The normalized spacial score (nSPS) is 14.8. The molecule has 0 saturated carbocycles. The van der Waals surface area contributed by atoms with Gasteiger partial charge in [-0.1, -0.05) is 35.9 Å². The molecule has 4 rings (SSSR count). The van der Waals surface area contributed by atoms with Gasteiger partial charge in [-0.2, -0.15) is 0 Å². The van der Waals surface area contributed by atoms with Gasteiger partial charge in [0.05, 0.1) is 12.4 Å². The van der Waals surface area contributed by atoms with Crippen LogP contribution in [0.2, 0.25) is 5.02 Å². The standard InChI is InChI=1S/C19H17ClN4O/c1-23-11-15-6-5-14(10-17(15)22-19(23)25)18(24-8-7-21-12-24)13-3-2-4-16(20)9-13/h2-10,12,18H,11H2,1H3,(H,22,25). The Bertz CT molecular complexity index is 923. The zero-order valence-corrected chi connectivity index (χ0v) is 14.4. The lowest BCUT2D eigenvalue weighted by molar-refractivity contribution is 0.218. The Kier molecular flexibility index (Phi) is 3.93. The smallest absolute Gasteiger partial charge is 0.321 e. The number of carbonyl (C=O) groups is 1. The number of carbonyl (C=O) groups excluding carboxylic acids is 1. The van der Waals surface area contributed by atoms with Gasteiger partial charge in [0.1, 0.15) is 0 Å². The zero-order valence-electron chi connectivity index (χ0n) is 13.7. The topological polar surface area (TPSA) is 50.2 Å². The number of nitrogens with one attached hydrogen (secondary N) is 1. The van der Waals surface area contributed by atoms with Crippen LogP contribution in [0.3, 0.4) is 0 Å². The van der Waals surface area contributed by atoms with Crippen molar-refractivity contribution in [2.75, 3.05) is 12.4 Å². The fourth-order valence-electron chi connectivity index (χ4n) is 3.19. The number of benzene rings is 2. The summed E-state index contributed by atoms with van der Waals surface area (Å²) in [5, 5.41) is 3.64. The van der Waals surface area contributed by atoms with Crippen LogP contribution >= 0.6 is 11.6 Å². The Hall–Kier alpha value is -2.79. The van der Waals surface area contributed by atoms with Crippen molar-refractivity contribution >= 4 is 23.3 Å². The first-order valence-electron chi connectivity index (χ1n) is 7.99. The van der Waals surface area contributed by atoms with E-state index in [1.54, 1.807) is 24.5 Å². The van der Waals surface area contributed by atoms with Crippen LogP contribution in [-0.2, 0) is 6.54 Å². The third-order valence-corrected chi connectivity index (χ3v) is 4.67. The Labute approximate surface area is 150 Å². The van der Waals surface area contributed by atoms with Crippen LogP contribution in [0.25, 0.3) is 0 Å². The predicted molar refractivity (Wildman–Crippen MR) is 97.8 cm³/mol. The van der Waals surface area contributed by atoms with Gasteiger partial charge in [0.2, 0.25) is 0 Å². The molecule has 1 aromatic heterocycles. The number of aromatic nitrogens is 2. The monoisotopic (exact) mass is 352 g/mol. The number of urea groups is 1. The lowest BCUT2D eigenvalue weighted by Crippen LogP contribution is -2.35. The van der Waals surface area contributed by atoms with E-state index >= 15 is 0 Å². The van der Waals surface area contributed by atoms with Crippen molar-refractivity contribution in [3.05, 3.63) is 82.9 Å². The first kappa shape index (κ1) is 15.7. The summed E-state index contributed by atoms with van der Waals surface area (Å²) in [6.07, 6.45) is 5.47. The molecular weight excluding hydrogens is 336 g/mol. The van der Waals surface area contributed by atoms with Gasteiger partial charge in [0, 0.05) is 36.7 Å². The number of fused-ring (bicyclic) bond motifs is 1. The number of halogens is 1. The zero-order chi connectivity index (χ0) is 17.4. The Morgan fingerprint density at radius 3 is 2.80 bits per heavy atom. The number of hydrogen-bond acceptors (Lipinski definition) is 2. The van der Waals surface area contributed by atoms with Crippen molar-refractivity contribution in [1.82, 2.24) is 14.5 Å². The second-order valence-electron chi connectivity index (χ2n) is 6.17. The van der Waals surface area contributed by atoms with Gasteiger partial charge in [-0.3, -0.25) is 0 Å². The van der Waals surface area contributed by atoms with Crippen LogP contribution in [0.1, 0.15) is 22.7 Å². The fraction of sp³-hybridized carbons (Fsp3) is 0.158. The summed E-state index contributed by atoms with van der Waals surface area (Å²) in [7, 11) is 1.78. The molecule has 0 bridgehead atoms. The molecule has 3 aromatic rings. The predicted octanol–water partition coefficient (Wildman–Crippen LogP) is 4.15. The van der Waals surface area contributed by atoms with Gasteiger partial charge in [0.25, 0.3) is 0 Å². The number of amides is 2. The maximum atomic E-state index is 12.0. The van der Waals surface area contributed by atoms with E-state index in [1.807, 2.05) is 41.1 Å². The summed E-state index contributed by atoms with van der Waals surface area (Å²) in [5.41, 5.74) is 4.07. The van der Waals surface area contributed by atoms with E-state index in [0.717, 1.165) is 22.4 Å². The molecule has 6 heteroatoms. The molecule has 0 saturated heterocycles. The van der Waals surface area contributed by atoms with Crippen molar-refractivity contribution in [1.29, 1.82) is 0 Å². The van der Waals surface area contributed by atoms with Crippen molar-refractivity contribution in [3.8, 4) is 0 Å². The van der Waals surface area contributed by atoms with Crippen LogP contribution in [0.5, 0.6) is 0 Å². The van der Waals surface area contributed by atoms with Gasteiger partial charge in [-0.25, -0.2) is 9.78 Å². The van der Waals surface area contributed by atoms with E-state index in [1.165, 1.54) is 0 Å². The SMILES string of the molecule is CN1Cc2ccc(C(c3cccc(Cl)c3)n3ccnc3)cc2NC1=O. The number of imidazole rings is 1. The van der Waals surface area contributed by atoms with E-state index in [2.05, 4.69) is 22.4 Å². The fourth-order valence-corrected chi connectivity index (χ4v) is 3.39. The van der Waals surface area contributed by atoms with Gasteiger partial charge < -0.3 is 14.8 Å². The molecule has 1 atom stereocenters. The van der Waals surface area contributed by atoms with E-state index in [4.69, 9.17) is 11.6 Å². The number of anilines is 1. The van der Waals surface area contributed by atoms with Crippen LogP contribution in [0.15, 0.2) is 61.2 Å². The first-order chi connectivity index (χ1) is 12.1. The van der Waals surface area contributed by atoms with Crippen molar-refractivity contribution in [3.63, 3.8) is 0 Å². The summed E-state index contributed by atoms with van der Waals surface area (Å²) in [6.45, 7) is 0.606. The van der Waals surface area contributed by atoms with Crippen LogP contribution in [0, 0.1) is 0 Å². The van der Waals surface area contributed by atoms with E-state index in [-0.39, 0.29) is 12.1 Å². The molecule has 2 aromatic carbocycles. The van der Waals surface area contributed by atoms with E-state index in [9.17, 15) is 4.79 Å². The Balaban J connectivity index is 1.81. The molecule has 5 nitrogen and oxygen atoms in total. The highest BCUT2D eigenvalue weighted by Gasteiger charge is 2.22. The maximum absolute atomic E-state index is 12.0.